The van der Waals surface area contributed by atoms with Crippen LogP contribution in [0.5, 0.6) is 0 Å². The molecule has 0 atom stereocenters. The van der Waals surface area contributed by atoms with Crippen molar-refractivity contribution in [1.82, 2.24) is 0 Å². The first-order valence-corrected chi connectivity index (χ1v) is 7.61. The lowest BCUT2D eigenvalue weighted by Crippen LogP contribution is -2.13. The second-order valence-electron chi connectivity index (χ2n) is 4.46. The van der Waals surface area contributed by atoms with Crippen molar-refractivity contribution < 1.29 is 18.0 Å². The van der Waals surface area contributed by atoms with Crippen LogP contribution in [-0.2, 0) is 6.18 Å². The Bertz CT molecular complexity index is 653. The molecule has 0 spiro atoms. The van der Waals surface area contributed by atoms with Gasteiger partial charge in [-0.2, -0.15) is 13.2 Å². The van der Waals surface area contributed by atoms with Gasteiger partial charge in [-0.25, -0.2) is 0 Å². The number of anilines is 1. The number of nitrogens with one attached hydrogen (secondary N) is 1. The monoisotopic (exact) mass is 325 g/mol. The van der Waals surface area contributed by atoms with Gasteiger partial charge >= 0.3 is 6.18 Å². The molecular formula is C16H14F3NOS. The topological polar surface area (TPSA) is 29.1 Å². The summed E-state index contributed by atoms with van der Waals surface area (Å²) in [6.45, 7) is 1.98. The van der Waals surface area contributed by atoms with E-state index < -0.39 is 11.7 Å². The minimum atomic E-state index is -4.38. The number of halogens is 3. The van der Waals surface area contributed by atoms with Crippen molar-refractivity contribution in [3.8, 4) is 0 Å². The Kier molecular flexibility index (Phi) is 5.13. The molecule has 6 heteroatoms. The Hall–Kier alpha value is -1.95. The van der Waals surface area contributed by atoms with Crippen LogP contribution in [0.15, 0.2) is 53.4 Å². The molecule has 0 heterocycles. The van der Waals surface area contributed by atoms with Gasteiger partial charge in [0.25, 0.3) is 5.91 Å². The second-order valence-corrected chi connectivity index (χ2v) is 5.76. The molecule has 0 radical (unpaired) electrons. The number of hydrogen-bond donors (Lipinski definition) is 1. The summed E-state index contributed by atoms with van der Waals surface area (Å²) in [5.74, 6) is 0.487. The van der Waals surface area contributed by atoms with E-state index in [0.717, 1.165) is 22.8 Å². The number of benzene rings is 2. The predicted octanol–water partition coefficient (Wildman–Crippen LogP) is 5.07. The first kappa shape index (κ1) is 16.4. The minimum Gasteiger partial charge on any atom is -0.322 e. The van der Waals surface area contributed by atoms with Crippen molar-refractivity contribution in [2.24, 2.45) is 0 Å². The molecule has 22 heavy (non-hydrogen) atoms. The van der Waals surface area contributed by atoms with E-state index >= 15 is 0 Å². The third-order valence-electron chi connectivity index (χ3n) is 2.90. The Morgan fingerprint density at radius 2 is 1.73 bits per heavy atom. The van der Waals surface area contributed by atoms with Crippen molar-refractivity contribution in [1.29, 1.82) is 0 Å². The third kappa shape index (κ3) is 4.04. The van der Waals surface area contributed by atoms with Crippen LogP contribution < -0.4 is 5.32 Å². The average molecular weight is 325 g/mol. The van der Waals surface area contributed by atoms with E-state index in [1.807, 2.05) is 19.1 Å². The molecule has 2 nitrogen and oxygen atoms in total. The first-order valence-electron chi connectivity index (χ1n) is 6.62. The molecule has 0 aliphatic carbocycles. The maximum Gasteiger partial charge on any atom is 0.416 e. The van der Waals surface area contributed by atoms with E-state index in [1.54, 1.807) is 12.1 Å². The largest absolute Gasteiger partial charge is 0.416 e. The zero-order chi connectivity index (χ0) is 16.2. The molecule has 0 unspecified atom stereocenters. The van der Waals surface area contributed by atoms with Crippen LogP contribution in [0.2, 0.25) is 0 Å². The molecule has 0 aromatic heterocycles. The van der Waals surface area contributed by atoms with Gasteiger partial charge in [-0.1, -0.05) is 19.1 Å². The van der Waals surface area contributed by atoms with E-state index in [-0.39, 0.29) is 5.91 Å². The molecule has 0 saturated carbocycles. The number of carbonyl (C=O) groups excluding carboxylic acids is 1. The van der Waals surface area contributed by atoms with Gasteiger partial charge in [0.1, 0.15) is 0 Å². The Balaban J connectivity index is 2.16. The molecule has 0 bridgehead atoms. The highest BCUT2D eigenvalue weighted by atomic mass is 32.2. The van der Waals surface area contributed by atoms with Crippen molar-refractivity contribution >= 4 is 23.4 Å². The van der Waals surface area contributed by atoms with Crippen LogP contribution in [0.4, 0.5) is 18.9 Å². The summed E-state index contributed by atoms with van der Waals surface area (Å²) in [5.41, 5.74) is 0.0935. The summed E-state index contributed by atoms with van der Waals surface area (Å²) in [6.07, 6.45) is -4.38. The zero-order valence-electron chi connectivity index (χ0n) is 11.8. The van der Waals surface area contributed by atoms with Crippen LogP contribution >= 0.6 is 11.8 Å². The maximum absolute atomic E-state index is 12.5. The van der Waals surface area contributed by atoms with Gasteiger partial charge in [0.05, 0.1) is 11.1 Å². The van der Waals surface area contributed by atoms with Crippen LogP contribution in [0, 0.1) is 0 Å². The molecule has 2 aromatic carbocycles. The number of hydrogen-bond acceptors (Lipinski definition) is 2. The zero-order valence-corrected chi connectivity index (χ0v) is 12.6. The maximum atomic E-state index is 12.5. The quantitative estimate of drug-likeness (QED) is 0.795. The van der Waals surface area contributed by atoms with E-state index in [4.69, 9.17) is 0 Å². The fourth-order valence-corrected chi connectivity index (χ4v) is 2.68. The van der Waals surface area contributed by atoms with E-state index in [1.165, 1.54) is 23.9 Å². The molecule has 1 N–H and O–H groups in total. The lowest BCUT2D eigenvalue weighted by Gasteiger charge is -2.10. The lowest BCUT2D eigenvalue weighted by atomic mass is 10.1. The highest BCUT2D eigenvalue weighted by Crippen LogP contribution is 2.30. The van der Waals surface area contributed by atoms with Crippen molar-refractivity contribution in [2.45, 2.75) is 18.0 Å². The fraction of sp³-hybridized carbons (Fsp3) is 0.188. The van der Waals surface area contributed by atoms with E-state index in [9.17, 15) is 18.0 Å². The number of thioether (sulfide) groups is 1. The number of alkyl halides is 3. The van der Waals surface area contributed by atoms with E-state index in [0.29, 0.717) is 11.3 Å². The molecule has 0 aliphatic rings. The molecule has 0 aliphatic heterocycles. The Morgan fingerprint density at radius 3 is 2.32 bits per heavy atom. The standard InChI is InChI=1S/C16H14F3NOS/c1-2-22-14-6-4-3-5-13(14)15(21)20-12-9-7-11(8-10-12)16(17,18)19/h3-10H,2H2,1H3,(H,20,21). The molecule has 0 fully saturated rings. The predicted molar refractivity (Wildman–Crippen MR) is 82.2 cm³/mol. The Morgan fingerprint density at radius 1 is 1.09 bits per heavy atom. The summed E-state index contributed by atoms with van der Waals surface area (Å²) in [5, 5.41) is 2.62. The average Bonchev–Trinajstić information content (AvgIpc) is 2.47. The van der Waals surface area contributed by atoms with Gasteiger partial charge in [-0.15, -0.1) is 11.8 Å². The molecule has 2 rings (SSSR count). The summed E-state index contributed by atoms with van der Waals surface area (Å²) >= 11 is 1.54. The smallest absolute Gasteiger partial charge is 0.322 e. The first-order chi connectivity index (χ1) is 10.4. The Labute approximate surface area is 130 Å². The molecular weight excluding hydrogens is 311 g/mol. The molecule has 0 saturated heterocycles. The summed E-state index contributed by atoms with van der Waals surface area (Å²) in [6, 6.07) is 11.5. The number of rotatable bonds is 4. The van der Waals surface area contributed by atoms with Crippen molar-refractivity contribution in [3.05, 3.63) is 59.7 Å². The summed E-state index contributed by atoms with van der Waals surface area (Å²) in [7, 11) is 0. The van der Waals surface area contributed by atoms with Gasteiger partial charge in [0, 0.05) is 10.6 Å². The van der Waals surface area contributed by atoms with Gasteiger partial charge in [-0.05, 0) is 42.2 Å². The van der Waals surface area contributed by atoms with E-state index in [2.05, 4.69) is 5.32 Å². The lowest BCUT2D eigenvalue weighted by molar-refractivity contribution is -0.137. The highest BCUT2D eigenvalue weighted by molar-refractivity contribution is 7.99. The number of carbonyl (C=O) groups is 1. The van der Waals surface area contributed by atoms with Crippen LogP contribution in [0.1, 0.15) is 22.8 Å². The molecule has 1 amide bonds. The second kappa shape index (κ2) is 6.87. The minimum absolute atomic E-state index is 0.328. The van der Waals surface area contributed by atoms with Gasteiger partial charge < -0.3 is 5.32 Å². The summed E-state index contributed by atoms with van der Waals surface area (Å²) < 4.78 is 37.5. The molecule has 116 valence electrons. The SMILES string of the molecule is CCSc1ccccc1C(=O)Nc1ccc(C(F)(F)F)cc1. The fourth-order valence-electron chi connectivity index (χ4n) is 1.88. The highest BCUT2D eigenvalue weighted by Gasteiger charge is 2.30. The van der Waals surface area contributed by atoms with Gasteiger partial charge in [-0.3, -0.25) is 4.79 Å². The van der Waals surface area contributed by atoms with Crippen LogP contribution in [0.3, 0.4) is 0 Å². The molecule has 2 aromatic rings. The number of amides is 1. The van der Waals surface area contributed by atoms with Crippen LogP contribution in [0.25, 0.3) is 0 Å². The van der Waals surface area contributed by atoms with Gasteiger partial charge in [0.15, 0.2) is 0 Å². The van der Waals surface area contributed by atoms with Gasteiger partial charge in [0.2, 0.25) is 0 Å². The third-order valence-corrected chi connectivity index (χ3v) is 3.86. The van der Waals surface area contributed by atoms with Crippen molar-refractivity contribution in [2.75, 3.05) is 11.1 Å². The van der Waals surface area contributed by atoms with Crippen molar-refractivity contribution in [3.63, 3.8) is 0 Å². The van der Waals surface area contributed by atoms with Crippen LogP contribution in [-0.4, -0.2) is 11.7 Å². The summed E-state index contributed by atoms with van der Waals surface area (Å²) in [4.78, 5) is 13.1. The normalized spacial score (nSPS) is 11.3.